The molecule has 1 N–H and O–H groups in total. The third-order valence-corrected chi connectivity index (χ3v) is 4.99. The Morgan fingerprint density at radius 3 is 2.67 bits per heavy atom. The highest BCUT2D eigenvalue weighted by atomic mass is 19.3. The number of carbonyl (C=O) groups excluding carboxylic acids is 1. The molecule has 3 heterocycles. The molecular weight excluding hydrogens is 392 g/mol. The number of anilines is 2. The van der Waals surface area contributed by atoms with Crippen molar-refractivity contribution >= 4 is 28.4 Å². The zero-order valence-electron chi connectivity index (χ0n) is 16.4. The number of nitrogens with one attached hydrogen (secondary N) is 1. The molecule has 0 bridgehead atoms. The van der Waals surface area contributed by atoms with E-state index in [0.29, 0.717) is 41.4 Å². The predicted molar refractivity (Wildman–Crippen MR) is 109 cm³/mol. The van der Waals surface area contributed by atoms with Crippen LogP contribution in [-0.2, 0) is 0 Å². The summed E-state index contributed by atoms with van der Waals surface area (Å²) in [5.41, 5.74) is 1.73. The molecule has 3 aromatic rings. The highest BCUT2D eigenvalue weighted by molar-refractivity contribution is 6.07. The van der Waals surface area contributed by atoms with Gasteiger partial charge in [0, 0.05) is 43.9 Å². The fourth-order valence-corrected chi connectivity index (χ4v) is 3.43. The molecule has 1 aliphatic rings. The van der Waals surface area contributed by atoms with Crippen LogP contribution in [0.1, 0.15) is 29.8 Å². The molecule has 0 saturated carbocycles. The van der Waals surface area contributed by atoms with Gasteiger partial charge in [-0.05, 0) is 24.6 Å². The van der Waals surface area contributed by atoms with E-state index in [0.717, 1.165) is 0 Å². The number of carbonyl (C=O) groups is 1. The standard InChI is InChI=1S/C21H21F2N5O2/c1-30-17-13-14(7-10-24-17)25-20(29)18-19(27-16-6-3-2-5-15(16)26-18)28-11-4-8-21(22,23)9-12-28/h2-3,5-7,10,13H,4,8-9,11-12H2,1H3,(H,24,25,29). The van der Waals surface area contributed by atoms with Gasteiger partial charge in [0.1, 0.15) is 0 Å². The zero-order valence-corrected chi connectivity index (χ0v) is 16.4. The van der Waals surface area contributed by atoms with Gasteiger partial charge in [-0.3, -0.25) is 4.79 Å². The van der Waals surface area contributed by atoms with E-state index >= 15 is 0 Å². The number of para-hydroxylation sites is 2. The lowest BCUT2D eigenvalue weighted by Gasteiger charge is -2.23. The van der Waals surface area contributed by atoms with Crippen molar-refractivity contribution in [2.24, 2.45) is 0 Å². The maximum absolute atomic E-state index is 13.9. The number of pyridine rings is 1. The van der Waals surface area contributed by atoms with Crippen molar-refractivity contribution in [1.29, 1.82) is 0 Å². The van der Waals surface area contributed by atoms with Crippen LogP contribution < -0.4 is 15.0 Å². The van der Waals surface area contributed by atoms with E-state index in [1.165, 1.54) is 13.3 Å². The Morgan fingerprint density at radius 2 is 1.90 bits per heavy atom. The van der Waals surface area contributed by atoms with Crippen LogP contribution in [0.25, 0.3) is 11.0 Å². The van der Waals surface area contributed by atoms with Crippen LogP contribution >= 0.6 is 0 Å². The first-order chi connectivity index (χ1) is 14.4. The van der Waals surface area contributed by atoms with Gasteiger partial charge >= 0.3 is 0 Å². The smallest absolute Gasteiger partial charge is 0.278 e. The fraction of sp³-hybridized carbons (Fsp3) is 0.333. The van der Waals surface area contributed by atoms with Crippen LogP contribution in [0.15, 0.2) is 42.6 Å². The Morgan fingerprint density at radius 1 is 1.13 bits per heavy atom. The monoisotopic (exact) mass is 413 g/mol. The van der Waals surface area contributed by atoms with Crippen molar-refractivity contribution in [3.63, 3.8) is 0 Å². The summed E-state index contributed by atoms with van der Waals surface area (Å²) in [5.74, 6) is -2.53. The second-order valence-electron chi connectivity index (χ2n) is 7.12. The maximum atomic E-state index is 13.9. The molecule has 9 heteroatoms. The van der Waals surface area contributed by atoms with E-state index in [-0.39, 0.29) is 25.1 Å². The molecule has 0 unspecified atom stereocenters. The molecule has 0 radical (unpaired) electrons. The summed E-state index contributed by atoms with van der Waals surface area (Å²) in [6.45, 7) is 0.481. The number of fused-ring (bicyclic) bond motifs is 1. The highest BCUT2D eigenvalue weighted by Crippen LogP contribution is 2.31. The molecule has 30 heavy (non-hydrogen) atoms. The third-order valence-electron chi connectivity index (χ3n) is 4.99. The molecule has 7 nitrogen and oxygen atoms in total. The molecule has 156 valence electrons. The largest absolute Gasteiger partial charge is 0.481 e. The van der Waals surface area contributed by atoms with Gasteiger partial charge in [-0.1, -0.05) is 12.1 Å². The normalized spacial score (nSPS) is 16.2. The number of benzene rings is 1. The van der Waals surface area contributed by atoms with Crippen molar-refractivity contribution in [3.05, 3.63) is 48.3 Å². The highest BCUT2D eigenvalue weighted by Gasteiger charge is 2.33. The number of rotatable bonds is 4. The fourth-order valence-electron chi connectivity index (χ4n) is 3.43. The van der Waals surface area contributed by atoms with Gasteiger partial charge in [0.15, 0.2) is 11.5 Å². The van der Waals surface area contributed by atoms with Crippen molar-refractivity contribution in [1.82, 2.24) is 15.0 Å². The van der Waals surface area contributed by atoms with Gasteiger partial charge in [0.05, 0.1) is 18.1 Å². The summed E-state index contributed by atoms with van der Waals surface area (Å²) >= 11 is 0. The van der Waals surface area contributed by atoms with Gasteiger partial charge in [-0.2, -0.15) is 0 Å². The Kier molecular flexibility index (Phi) is 5.43. The molecule has 0 aliphatic carbocycles. The van der Waals surface area contributed by atoms with E-state index in [2.05, 4.69) is 20.3 Å². The van der Waals surface area contributed by atoms with Gasteiger partial charge in [-0.25, -0.2) is 23.7 Å². The lowest BCUT2D eigenvalue weighted by molar-refractivity contribution is -0.0102. The Balaban J connectivity index is 1.71. The molecule has 2 aromatic heterocycles. The SMILES string of the molecule is COc1cc(NC(=O)c2nc3ccccc3nc2N2CCCC(F)(F)CC2)ccn1. The Bertz CT molecular complexity index is 1080. The average Bonchev–Trinajstić information content (AvgIpc) is 2.93. The minimum absolute atomic E-state index is 0.0923. The zero-order chi connectivity index (χ0) is 21.1. The van der Waals surface area contributed by atoms with Gasteiger partial charge in [0.25, 0.3) is 5.91 Å². The first-order valence-corrected chi connectivity index (χ1v) is 9.66. The van der Waals surface area contributed by atoms with Crippen molar-refractivity contribution < 1.29 is 18.3 Å². The van der Waals surface area contributed by atoms with Crippen molar-refractivity contribution in [2.45, 2.75) is 25.2 Å². The van der Waals surface area contributed by atoms with E-state index in [9.17, 15) is 13.6 Å². The van der Waals surface area contributed by atoms with Gasteiger partial charge < -0.3 is 15.0 Å². The number of aromatic nitrogens is 3. The van der Waals surface area contributed by atoms with E-state index in [4.69, 9.17) is 4.74 Å². The van der Waals surface area contributed by atoms with Crippen molar-refractivity contribution in [2.75, 3.05) is 30.4 Å². The van der Waals surface area contributed by atoms with Gasteiger partial charge in [0.2, 0.25) is 11.8 Å². The topological polar surface area (TPSA) is 80.2 Å². The number of hydrogen-bond donors (Lipinski definition) is 1. The molecule has 1 aliphatic heterocycles. The summed E-state index contributed by atoms with van der Waals surface area (Å²) in [7, 11) is 1.48. The number of hydrogen-bond acceptors (Lipinski definition) is 6. The molecule has 0 spiro atoms. The summed E-state index contributed by atoms with van der Waals surface area (Å²) in [5, 5.41) is 2.77. The number of amides is 1. The predicted octanol–water partition coefficient (Wildman–Crippen LogP) is 3.91. The van der Waals surface area contributed by atoms with Crippen LogP contribution in [0, 0.1) is 0 Å². The number of ether oxygens (including phenoxy) is 1. The summed E-state index contributed by atoms with van der Waals surface area (Å²) in [4.78, 5) is 27.9. The van der Waals surface area contributed by atoms with Crippen LogP contribution in [0.3, 0.4) is 0 Å². The van der Waals surface area contributed by atoms with E-state index < -0.39 is 11.8 Å². The van der Waals surface area contributed by atoms with E-state index in [1.807, 2.05) is 6.07 Å². The molecule has 0 atom stereocenters. The lowest BCUT2D eigenvalue weighted by atomic mass is 10.1. The number of alkyl halides is 2. The van der Waals surface area contributed by atoms with Crippen LogP contribution in [0.2, 0.25) is 0 Å². The molecular formula is C21H21F2N5O2. The third kappa shape index (κ3) is 4.29. The molecule has 1 saturated heterocycles. The number of nitrogens with zero attached hydrogens (tertiary/aromatic N) is 4. The first kappa shape index (κ1) is 19.9. The number of methoxy groups -OCH3 is 1. The summed E-state index contributed by atoms with van der Waals surface area (Å²) < 4.78 is 32.8. The number of halogens is 2. The van der Waals surface area contributed by atoms with Gasteiger partial charge in [-0.15, -0.1) is 0 Å². The molecule has 4 rings (SSSR count). The Hall–Kier alpha value is -3.36. The quantitative estimate of drug-likeness (QED) is 0.699. The minimum atomic E-state index is -2.71. The maximum Gasteiger partial charge on any atom is 0.278 e. The van der Waals surface area contributed by atoms with Crippen LogP contribution in [0.4, 0.5) is 20.3 Å². The second kappa shape index (κ2) is 8.17. The molecule has 1 aromatic carbocycles. The lowest BCUT2D eigenvalue weighted by Crippen LogP contribution is -2.30. The second-order valence-corrected chi connectivity index (χ2v) is 7.12. The van der Waals surface area contributed by atoms with Crippen LogP contribution in [-0.4, -0.2) is 47.0 Å². The minimum Gasteiger partial charge on any atom is -0.481 e. The van der Waals surface area contributed by atoms with Crippen LogP contribution in [0.5, 0.6) is 5.88 Å². The average molecular weight is 413 g/mol. The summed E-state index contributed by atoms with van der Waals surface area (Å²) in [6.07, 6.45) is 1.36. The van der Waals surface area contributed by atoms with Crippen molar-refractivity contribution in [3.8, 4) is 5.88 Å². The van der Waals surface area contributed by atoms with E-state index in [1.54, 1.807) is 35.2 Å². The molecule has 1 amide bonds. The molecule has 1 fully saturated rings. The summed E-state index contributed by atoms with van der Waals surface area (Å²) in [6, 6.07) is 10.4. The Labute approximate surface area is 172 Å². The first-order valence-electron chi connectivity index (χ1n) is 9.66.